The lowest BCUT2D eigenvalue weighted by Crippen LogP contribution is -2.59. The summed E-state index contributed by atoms with van der Waals surface area (Å²) in [7, 11) is 0. The zero-order valence-electron chi connectivity index (χ0n) is 28.7. The smallest absolute Gasteiger partial charge is 0.326 e. The van der Waals surface area contributed by atoms with E-state index >= 15 is 0 Å². The van der Waals surface area contributed by atoms with Crippen molar-refractivity contribution in [1.29, 1.82) is 0 Å². The Morgan fingerprint density at radius 1 is 0.566 bits per heavy atom. The molecule has 0 spiro atoms. The van der Waals surface area contributed by atoms with Crippen molar-refractivity contribution in [1.82, 2.24) is 21.3 Å². The third kappa shape index (κ3) is 14.0. The number of nitrogens with one attached hydrogen (secondary N) is 4. The molecule has 284 valence electrons. The van der Waals surface area contributed by atoms with E-state index in [9.17, 15) is 49.2 Å². The molecule has 0 heterocycles. The predicted molar refractivity (Wildman–Crippen MR) is 194 cm³/mol. The summed E-state index contributed by atoms with van der Waals surface area (Å²) in [6, 6.07) is 10.4. The largest absolute Gasteiger partial charge is 0.508 e. The van der Waals surface area contributed by atoms with E-state index in [1.807, 2.05) is 0 Å². The molecule has 0 radical (unpaired) electrons. The van der Waals surface area contributed by atoms with Crippen molar-refractivity contribution >= 4 is 47.3 Å². The Bertz CT molecular complexity index is 1720. The van der Waals surface area contributed by atoms with Gasteiger partial charge in [0.25, 0.3) is 0 Å². The average molecular weight is 754 g/mol. The van der Waals surface area contributed by atoms with Crippen LogP contribution in [-0.2, 0) is 48.0 Å². The zero-order valence-corrected chi connectivity index (χ0v) is 29.5. The lowest BCUT2D eigenvalue weighted by molar-refractivity contribution is -0.142. The molecule has 3 aromatic carbocycles. The summed E-state index contributed by atoms with van der Waals surface area (Å²) >= 11 is 1.38. The first-order valence-electron chi connectivity index (χ1n) is 16.4. The van der Waals surface area contributed by atoms with Gasteiger partial charge in [0.1, 0.15) is 41.4 Å². The summed E-state index contributed by atoms with van der Waals surface area (Å²) in [6.45, 7) is 0. The number of rotatable bonds is 20. The molecule has 0 saturated heterocycles. The fourth-order valence-electron chi connectivity index (χ4n) is 5.10. The summed E-state index contributed by atoms with van der Waals surface area (Å²) < 4.78 is 0. The molecule has 11 N–H and O–H groups in total. The number of carboxylic acid groups (broad SMARTS) is 2. The van der Waals surface area contributed by atoms with Gasteiger partial charge in [-0.05, 0) is 71.5 Å². The summed E-state index contributed by atoms with van der Waals surface area (Å²) in [5, 5.41) is 58.2. The van der Waals surface area contributed by atoms with Crippen LogP contribution >= 0.6 is 11.8 Å². The molecule has 0 bridgehead atoms. The van der Waals surface area contributed by atoms with E-state index in [1.165, 1.54) is 84.6 Å². The second kappa shape index (κ2) is 20.3. The van der Waals surface area contributed by atoms with E-state index in [0.717, 1.165) is 0 Å². The zero-order chi connectivity index (χ0) is 39.1. The molecular formula is C36H43N5O11S. The number of hydrogen-bond donors (Lipinski definition) is 10. The molecule has 17 heteroatoms. The molecule has 3 aromatic rings. The molecule has 4 amide bonds. The predicted octanol–water partition coefficient (Wildman–Crippen LogP) is 0.410. The fourth-order valence-corrected chi connectivity index (χ4v) is 5.57. The highest BCUT2D eigenvalue weighted by Gasteiger charge is 2.32. The molecule has 0 aliphatic carbocycles. The van der Waals surface area contributed by atoms with Crippen LogP contribution in [0.15, 0.2) is 72.8 Å². The van der Waals surface area contributed by atoms with Gasteiger partial charge in [-0.2, -0.15) is 11.8 Å². The Balaban J connectivity index is 1.89. The van der Waals surface area contributed by atoms with Crippen LogP contribution in [0.4, 0.5) is 0 Å². The van der Waals surface area contributed by atoms with Gasteiger partial charge in [-0.25, -0.2) is 4.79 Å². The molecule has 5 atom stereocenters. The molecule has 53 heavy (non-hydrogen) atoms. The first-order valence-corrected chi connectivity index (χ1v) is 17.8. The van der Waals surface area contributed by atoms with Crippen LogP contribution in [0.2, 0.25) is 0 Å². The number of carbonyl (C=O) groups is 6. The average Bonchev–Trinajstić information content (AvgIpc) is 3.11. The van der Waals surface area contributed by atoms with E-state index in [0.29, 0.717) is 22.4 Å². The maximum Gasteiger partial charge on any atom is 0.326 e. The molecule has 3 rings (SSSR count). The highest BCUT2D eigenvalue weighted by Crippen LogP contribution is 2.15. The Morgan fingerprint density at radius 2 is 0.906 bits per heavy atom. The lowest BCUT2D eigenvalue weighted by atomic mass is 10.0. The highest BCUT2D eigenvalue weighted by atomic mass is 32.2. The Kier molecular flexibility index (Phi) is 15.9. The second-order valence-corrected chi connectivity index (χ2v) is 13.2. The third-order valence-corrected chi connectivity index (χ3v) is 8.63. The standard InChI is InChI=1S/C36H43N5O11S/c1-53-15-14-27(33(48)41-30(36(51)52)18-22-6-12-25(44)13-7-22)38-34(49)29(17-21-4-10-24(43)11-5-21)40-35(50)28(16-20-2-8-23(42)9-3-20)39-32(47)26(37)19-31(45)46/h2-13,26-30,42-44H,14-19,37H2,1H3,(H,38,49)(H,39,47)(H,40,50)(H,41,48)(H,45,46)(H,51,52)/t26-,27-,28-,29-,30-/m0/s1. The molecular weight excluding hydrogens is 710 g/mol. The van der Waals surface area contributed by atoms with Crippen LogP contribution in [-0.4, -0.2) is 103 Å². The van der Waals surface area contributed by atoms with Crippen molar-refractivity contribution in [2.45, 2.75) is 62.3 Å². The minimum absolute atomic E-state index is 0.0192. The van der Waals surface area contributed by atoms with Crippen LogP contribution < -0.4 is 27.0 Å². The molecule has 16 nitrogen and oxygen atoms in total. The van der Waals surface area contributed by atoms with E-state index < -0.39 is 72.2 Å². The van der Waals surface area contributed by atoms with Crippen molar-refractivity contribution < 1.29 is 54.3 Å². The number of carbonyl (C=O) groups excluding carboxylic acids is 4. The van der Waals surface area contributed by atoms with Crippen molar-refractivity contribution in [3.63, 3.8) is 0 Å². The van der Waals surface area contributed by atoms with E-state index in [-0.39, 0.29) is 42.9 Å². The minimum Gasteiger partial charge on any atom is -0.508 e. The van der Waals surface area contributed by atoms with Crippen LogP contribution in [0, 0.1) is 0 Å². The third-order valence-electron chi connectivity index (χ3n) is 7.98. The van der Waals surface area contributed by atoms with Gasteiger partial charge in [0.2, 0.25) is 23.6 Å². The maximum absolute atomic E-state index is 13.9. The number of thioether (sulfide) groups is 1. The number of benzene rings is 3. The summed E-state index contributed by atoms with van der Waals surface area (Å²) in [6.07, 6.45) is 0.732. The van der Waals surface area contributed by atoms with Gasteiger partial charge in [0.05, 0.1) is 12.5 Å². The topological polar surface area (TPSA) is 278 Å². The Labute approximate surface area is 309 Å². The maximum atomic E-state index is 13.9. The lowest BCUT2D eigenvalue weighted by Gasteiger charge is -2.26. The van der Waals surface area contributed by atoms with Gasteiger partial charge < -0.3 is 52.5 Å². The number of aromatic hydroxyl groups is 3. The highest BCUT2D eigenvalue weighted by molar-refractivity contribution is 7.98. The van der Waals surface area contributed by atoms with Crippen LogP contribution in [0.5, 0.6) is 17.2 Å². The molecule has 0 aliphatic rings. The molecule has 0 saturated carbocycles. The van der Waals surface area contributed by atoms with E-state index in [2.05, 4.69) is 21.3 Å². The van der Waals surface area contributed by atoms with Crippen LogP contribution in [0.3, 0.4) is 0 Å². The fraction of sp³-hybridized carbons (Fsp3) is 0.333. The van der Waals surface area contributed by atoms with Crippen molar-refractivity contribution in [2.75, 3.05) is 12.0 Å². The normalized spacial score (nSPS) is 13.7. The van der Waals surface area contributed by atoms with E-state index in [4.69, 9.17) is 10.8 Å². The van der Waals surface area contributed by atoms with Crippen molar-refractivity contribution in [3.8, 4) is 17.2 Å². The van der Waals surface area contributed by atoms with Gasteiger partial charge in [-0.15, -0.1) is 0 Å². The first-order chi connectivity index (χ1) is 25.1. The Morgan fingerprint density at radius 3 is 1.28 bits per heavy atom. The van der Waals surface area contributed by atoms with Crippen LogP contribution in [0.25, 0.3) is 0 Å². The van der Waals surface area contributed by atoms with Gasteiger partial charge in [0.15, 0.2) is 0 Å². The first kappa shape index (κ1) is 41.6. The van der Waals surface area contributed by atoms with Gasteiger partial charge in [0, 0.05) is 19.3 Å². The number of aliphatic carboxylic acids is 2. The number of phenolic OH excluding ortho intramolecular Hbond substituents is 3. The summed E-state index contributed by atoms with van der Waals surface area (Å²) in [5.74, 6) is -5.83. The Hall–Kier alpha value is -5.81. The summed E-state index contributed by atoms with van der Waals surface area (Å²) in [5.41, 5.74) is 7.25. The van der Waals surface area contributed by atoms with Gasteiger partial charge >= 0.3 is 11.9 Å². The minimum atomic E-state index is -1.50. The van der Waals surface area contributed by atoms with Crippen molar-refractivity contribution in [3.05, 3.63) is 89.5 Å². The number of phenols is 3. The number of amides is 4. The number of carboxylic acids is 2. The monoisotopic (exact) mass is 753 g/mol. The number of hydrogen-bond acceptors (Lipinski definition) is 11. The second-order valence-electron chi connectivity index (χ2n) is 12.2. The molecule has 0 unspecified atom stereocenters. The summed E-state index contributed by atoms with van der Waals surface area (Å²) in [4.78, 5) is 77.4. The quantitative estimate of drug-likeness (QED) is 0.0750. The molecule has 0 aliphatic heterocycles. The van der Waals surface area contributed by atoms with Crippen molar-refractivity contribution in [2.24, 2.45) is 5.73 Å². The molecule has 0 aromatic heterocycles. The van der Waals surface area contributed by atoms with Gasteiger partial charge in [-0.3, -0.25) is 24.0 Å². The SMILES string of the molecule is CSCC[C@H](NC(=O)[C@H](Cc1ccc(O)cc1)NC(=O)[C@H](Cc1ccc(O)cc1)NC(=O)[C@@H](N)CC(=O)O)C(=O)N[C@@H](Cc1ccc(O)cc1)C(=O)O. The van der Waals surface area contributed by atoms with Gasteiger partial charge in [-0.1, -0.05) is 36.4 Å². The number of nitrogens with two attached hydrogens (primary N) is 1. The molecule has 0 fully saturated rings. The van der Waals surface area contributed by atoms with E-state index in [1.54, 1.807) is 6.26 Å². The van der Waals surface area contributed by atoms with Crippen LogP contribution in [0.1, 0.15) is 29.5 Å².